The second-order valence-corrected chi connectivity index (χ2v) is 1.90. The molecule has 2 aromatic rings. The van der Waals surface area contributed by atoms with Crippen molar-refractivity contribution < 1.29 is 0 Å². The normalized spacial score (nSPS) is 10.0. The van der Waals surface area contributed by atoms with Crippen molar-refractivity contribution in [1.29, 1.82) is 0 Å². The van der Waals surface area contributed by atoms with E-state index in [9.17, 15) is 0 Å². The van der Waals surface area contributed by atoms with Gasteiger partial charge >= 0.3 is 0 Å². The third-order valence-electron chi connectivity index (χ3n) is 1.25. The fraction of sp³-hybridized carbons (Fsp3) is 0. The minimum atomic E-state index is 0.769. The van der Waals surface area contributed by atoms with Crippen LogP contribution in [0.2, 0.25) is 0 Å². The Morgan fingerprint density at radius 3 is 3.30 bits per heavy atom. The Morgan fingerprint density at radius 2 is 2.40 bits per heavy atom. The number of para-hydroxylation sites is 1. The van der Waals surface area contributed by atoms with Gasteiger partial charge in [0.15, 0.2) is 0 Å². The van der Waals surface area contributed by atoms with Crippen molar-refractivity contribution in [2.24, 2.45) is 0 Å². The van der Waals surface area contributed by atoms with Crippen molar-refractivity contribution in [3.05, 3.63) is 36.7 Å². The number of nitrogens with zero attached hydrogens (tertiary/aromatic N) is 2. The maximum absolute atomic E-state index is 4.03. The molecule has 0 unspecified atom stereocenters. The van der Waals surface area contributed by atoms with E-state index in [4.69, 9.17) is 0 Å². The first-order valence-electron chi connectivity index (χ1n) is 2.96. The predicted molar refractivity (Wildman–Crippen MR) is 37.2 cm³/mol. The van der Waals surface area contributed by atoms with Crippen LogP contribution < -0.4 is 0 Å². The molecule has 10 heavy (non-hydrogen) atoms. The fourth-order valence-electron chi connectivity index (χ4n) is 0.805. The van der Waals surface area contributed by atoms with Crippen LogP contribution in [0.25, 0.3) is 11.0 Å². The van der Waals surface area contributed by atoms with E-state index in [1.807, 2.05) is 18.2 Å². The molecule has 2 rings (SSSR count). The van der Waals surface area contributed by atoms with Gasteiger partial charge in [0.1, 0.15) is 6.20 Å². The van der Waals surface area contributed by atoms with Crippen LogP contribution in [0.4, 0.5) is 0 Å². The van der Waals surface area contributed by atoms with Crippen molar-refractivity contribution in [1.82, 2.24) is 9.97 Å². The van der Waals surface area contributed by atoms with Crippen molar-refractivity contribution in [2.45, 2.75) is 0 Å². The molecule has 46 valence electrons. The summed E-state index contributed by atoms with van der Waals surface area (Å²) < 4.78 is 0. The maximum atomic E-state index is 4.03. The maximum Gasteiger partial charge on any atom is 0.109 e. The number of hydrogen-bond acceptors (Lipinski definition) is 2. The summed E-state index contributed by atoms with van der Waals surface area (Å²) in [6.45, 7) is 0. The molecule has 2 radical (unpaired) electrons. The molecule has 1 heterocycles. The Labute approximate surface area is 58.6 Å². The fourth-order valence-corrected chi connectivity index (χ4v) is 0.805. The van der Waals surface area contributed by atoms with E-state index in [0.29, 0.717) is 0 Å². The number of hydrogen-bond donors (Lipinski definition) is 0. The van der Waals surface area contributed by atoms with Crippen LogP contribution in [0, 0.1) is 12.3 Å². The van der Waals surface area contributed by atoms with E-state index >= 15 is 0 Å². The molecule has 0 saturated carbocycles. The predicted octanol–water partition coefficient (Wildman–Crippen LogP) is 1.23. The van der Waals surface area contributed by atoms with Crippen LogP contribution in [0.15, 0.2) is 24.4 Å². The first-order chi connectivity index (χ1) is 4.97. The quantitative estimate of drug-likeness (QED) is 0.533. The van der Waals surface area contributed by atoms with Gasteiger partial charge in [-0.3, -0.25) is 4.98 Å². The van der Waals surface area contributed by atoms with Gasteiger partial charge in [-0.05, 0) is 6.07 Å². The third kappa shape index (κ3) is 0.739. The van der Waals surface area contributed by atoms with E-state index in [2.05, 4.69) is 22.2 Å². The van der Waals surface area contributed by atoms with Crippen molar-refractivity contribution >= 4 is 11.0 Å². The van der Waals surface area contributed by atoms with Gasteiger partial charge < -0.3 is 0 Å². The molecule has 2 heteroatoms. The van der Waals surface area contributed by atoms with Gasteiger partial charge in [0.2, 0.25) is 0 Å². The van der Waals surface area contributed by atoms with Crippen molar-refractivity contribution in [3.63, 3.8) is 0 Å². The van der Waals surface area contributed by atoms with E-state index in [0.717, 1.165) is 11.0 Å². The van der Waals surface area contributed by atoms with Crippen LogP contribution in [-0.4, -0.2) is 9.97 Å². The Hall–Kier alpha value is -1.44. The lowest BCUT2D eigenvalue weighted by molar-refractivity contribution is 1.28. The molecule has 0 bridgehead atoms. The van der Waals surface area contributed by atoms with Crippen molar-refractivity contribution in [3.8, 4) is 0 Å². The molecule has 2 nitrogen and oxygen atoms in total. The SMILES string of the molecule is [c]1cnc2ccc[c]c2n1. The minimum absolute atomic E-state index is 0.769. The highest BCUT2D eigenvalue weighted by Gasteiger charge is 1.89. The van der Waals surface area contributed by atoms with E-state index in [1.54, 1.807) is 6.20 Å². The monoisotopic (exact) mass is 128 g/mol. The number of aromatic nitrogens is 2. The van der Waals surface area contributed by atoms with Crippen LogP contribution in [0.1, 0.15) is 0 Å². The molecule has 0 atom stereocenters. The summed E-state index contributed by atoms with van der Waals surface area (Å²) in [7, 11) is 0. The van der Waals surface area contributed by atoms with Gasteiger partial charge in [-0.1, -0.05) is 12.1 Å². The van der Waals surface area contributed by atoms with Gasteiger partial charge in [-0.15, -0.1) is 0 Å². The van der Waals surface area contributed by atoms with Crippen LogP contribution in [0.5, 0.6) is 0 Å². The van der Waals surface area contributed by atoms with Crippen LogP contribution >= 0.6 is 0 Å². The first-order valence-corrected chi connectivity index (χ1v) is 2.96. The molecule has 0 fully saturated rings. The molecule has 0 N–H and O–H groups in total. The van der Waals surface area contributed by atoms with Crippen LogP contribution in [-0.2, 0) is 0 Å². The van der Waals surface area contributed by atoms with Crippen LogP contribution in [0.3, 0.4) is 0 Å². The average Bonchev–Trinajstić information content (AvgIpc) is 2.05. The lowest BCUT2D eigenvalue weighted by Gasteiger charge is -1.89. The lowest BCUT2D eigenvalue weighted by atomic mass is 10.3. The molecule has 0 saturated heterocycles. The zero-order valence-corrected chi connectivity index (χ0v) is 5.20. The highest BCUT2D eigenvalue weighted by molar-refractivity contribution is 5.72. The highest BCUT2D eigenvalue weighted by atomic mass is 14.8. The largest absolute Gasteiger partial charge is 0.252 e. The summed E-state index contributed by atoms with van der Waals surface area (Å²) in [5.74, 6) is 0. The highest BCUT2D eigenvalue weighted by Crippen LogP contribution is 2.03. The van der Waals surface area contributed by atoms with Crippen molar-refractivity contribution in [2.75, 3.05) is 0 Å². The summed E-state index contributed by atoms with van der Waals surface area (Å²) in [4.78, 5) is 7.97. The Morgan fingerprint density at radius 1 is 1.40 bits per heavy atom. The standard InChI is InChI=1S/C8H4N2/c1-2-4-8-7(3-1)9-5-6-10-8/h1-3,5H. The summed E-state index contributed by atoms with van der Waals surface area (Å²) in [5.41, 5.74) is 1.63. The van der Waals surface area contributed by atoms with Gasteiger partial charge in [0.05, 0.1) is 17.2 Å². The number of benzene rings is 1. The first kappa shape index (κ1) is 5.35. The van der Waals surface area contributed by atoms with Gasteiger partial charge in [-0.2, -0.15) is 0 Å². The molecule has 1 aromatic heterocycles. The molecule has 0 amide bonds. The second kappa shape index (κ2) is 2.06. The average molecular weight is 128 g/mol. The molecule has 0 aliphatic heterocycles. The molecule has 0 spiro atoms. The van der Waals surface area contributed by atoms with Gasteiger partial charge in [0.25, 0.3) is 0 Å². The lowest BCUT2D eigenvalue weighted by Crippen LogP contribution is -1.79. The Balaban J connectivity index is 2.89. The minimum Gasteiger partial charge on any atom is -0.252 e. The Bertz CT molecular complexity index is 278. The number of fused-ring (bicyclic) bond motifs is 1. The zero-order chi connectivity index (χ0) is 6.81. The van der Waals surface area contributed by atoms with Gasteiger partial charge in [0, 0.05) is 6.07 Å². The summed E-state index contributed by atoms with van der Waals surface area (Å²) >= 11 is 0. The molecule has 0 aliphatic rings. The topological polar surface area (TPSA) is 25.8 Å². The molecular weight excluding hydrogens is 124 g/mol. The molecular formula is C8H4N2. The van der Waals surface area contributed by atoms with Gasteiger partial charge in [-0.25, -0.2) is 4.98 Å². The number of rotatable bonds is 0. The Kier molecular flexibility index (Phi) is 1.10. The van der Waals surface area contributed by atoms with E-state index in [-0.39, 0.29) is 0 Å². The molecule has 1 aromatic carbocycles. The molecule has 0 aliphatic carbocycles. The third-order valence-corrected chi connectivity index (χ3v) is 1.25. The zero-order valence-electron chi connectivity index (χ0n) is 5.20. The summed E-state index contributed by atoms with van der Waals surface area (Å²) in [6.07, 6.45) is 4.19. The van der Waals surface area contributed by atoms with E-state index < -0.39 is 0 Å². The summed E-state index contributed by atoms with van der Waals surface area (Å²) in [5, 5.41) is 0. The summed E-state index contributed by atoms with van der Waals surface area (Å²) in [6, 6.07) is 8.54. The second-order valence-electron chi connectivity index (χ2n) is 1.90. The van der Waals surface area contributed by atoms with E-state index in [1.165, 1.54) is 0 Å². The smallest absolute Gasteiger partial charge is 0.109 e.